The van der Waals surface area contributed by atoms with Gasteiger partial charge in [-0.3, -0.25) is 4.74 Å². The SMILES string of the molecule is C=CC(=C)C.Cc1ccc(P(=NC2=CC=CC2)(c2ccc(C)cc2)c2ccc(C)cc2)cc1.[Ti]. The average molecular weight is 499 g/mol. The summed E-state index contributed by atoms with van der Waals surface area (Å²) in [6.07, 6.45) is 9.09. The molecule has 0 heterocycles. The summed E-state index contributed by atoms with van der Waals surface area (Å²) < 4.78 is 5.52. The third-order valence-corrected chi connectivity index (χ3v) is 9.29. The zero-order valence-electron chi connectivity index (χ0n) is 20.8. The molecule has 0 unspecified atom stereocenters. The summed E-state index contributed by atoms with van der Waals surface area (Å²) in [7, 11) is -2.15. The van der Waals surface area contributed by atoms with Gasteiger partial charge in [-0.2, -0.15) is 0 Å². The maximum absolute atomic E-state index is 5.52. The fourth-order valence-electron chi connectivity index (χ4n) is 3.60. The molecule has 0 spiro atoms. The van der Waals surface area contributed by atoms with E-state index in [2.05, 4.69) is 125 Å². The quantitative estimate of drug-likeness (QED) is 0.194. The Morgan fingerprint density at radius 3 is 1.38 bits per heavy atom. The van der Waals surface area contributed by atoms with Crippen LogP contribution < -0.4 is 15.9 Å². The normalized spacial score (nSPS) is 12.1. The third kappa shape index (κ3) is 6.80. The van der Waals surface area contributed by atoms with Crippen LogP contribution in [-0.2, 0) is 21.7 Å². The van der Waals surface area contributed by atoms with Crippen LogP contribution in [0.15, 0.2) is 126 Å². The Morgan fingerprint density at radius 1 is 0.765 bits per heavy atom. The van der Waals surface area contributed by atoms with Gasteiger partial charge < -0.3 is 0 Å². The van der Waals surface area contributed by atoms with Gasteiger partial charge in [0.05, 0.1) is 7.05 Å². The second-order valence-electron chi connectivity index (χ2n) is 8.58. The minimum Gasteiger partial charge on any atom is -0.258 e. The summed E-state index contributed by atoms with van der Waals surface area (Å²) in [4.78, 5) is 0. The van der Waals surface area contributed by atoms with E-state index in [0.29, 0.717) is 0 Å². The standard InChI is InChI=1S/C26H26NP.C5H8.Ti/c1-20-8-14-24(15-9-20)28(27-23-6-4-5-7-23,25-16-10-21(2)11-17-25)26-18-12-22(3)13-19-26;1-4-5(2)3;/h4-6,8-19H,7H2,1-3H3;4H,1-2H2,3H3;. The van der Waals surface area contributed by atoms with Crippen molar-refractivity contribution >= 4 is 23.0 Å². The fourth-order valence-corrected chi connectivity index (χ4v) is 7.12. The van der Waals surface area contributed by atoms with E-state index in [-0.39, 0.29) is 21.7 Å². The molecule has 1 nitrogen and oxygen atoms in total. The maximum Gasteiger partial charge on any atom is 0.0608 e. The molecule has 1 aliphatic carbocycles. The molecule has 0 aromatic heterocycles. The molecule has 34 heavy (non-hydrogen) atoms. The van der Waals surface area contributed by atoms with Crippen LogP contribution in [-0.4, -0.2) is 0 Å². The number of rotatable bonds is 5. The van der Waals surface area contributed by atoms with Gasteiger partial charge in [0.25, 0.3) is 0 Å². The molecule has 3 heteroatoms. The van der Waals surface area contributed by atoms with Crippen molar-refractivity contribution in [3.05, 3.63) is 138 Å². The van der Waals surface area contributed by atoms with E-state index < -0.39 is 7.05 Å². The molecular weight excluding hydrogens is 465 g/mol. The number of hydrogen-bond acceptors (Lipinski definition) is 1. The van der Waals surface area contributed by atoms with Crippen molar-refractivity contribution in [2.75, 3.05) is 0 Å². The number of nitrogens with zero attached hydrogens (tertiary/aromatic N) is 1. The van der Waals surface area contributed by atoms with Crippen LogP contribution in [0.2, 0.25) is 0 Å². The van der Waals surface area contributed by atoms with E-state index in [4.69, 9.17) is 4.74 Å². The van der Waals surface area contributed by atoms with Crippen LogP contribution in [0.5, 0.6) is 0 Å². The summed E-state index contributed by atoms with van der Waals surface area (Å²) >= 11 is 0. The Labute approximate surface area is 221 Å². The van der Waals surface area contributed by atoms with E-state index in [1.807, 2.05) is 6.92 Å². The monoisotopic (exact) mass is 499 g/mol. The van der Waals surface area contributed by atoms with Crippen LogP contribution >= 0.6 is 7.05 Å². The van der Waals surface area contributed by atoms with Gasteiger partial charge in [-0.15, -0.1) is 0 Å². The minimum atomic E-state index is -2.15. The molecule has 0 saturated carbocycles. The topological polar surface area (TPSA) is 12.4 Å². The van der Waals surface area contributed by atoms with Gasteiger partial charge >= 0.3 is 0 Å². The van der Waals surface area contributed by atoms with Gasteiger partial charge in [0.15, 0.2) is 0 Å². The first kappa shape index (κ1) is 27.8. The van der Waals surface area contributed by atoms with Crippen molar-refractivity contribution in [3.8, 4) is 0 Å². The minimum absolute atomic E-state index is 0. The first-order valence-electron chi connectivity index (χ1n) is 11.3. The van der Waals surface area contributed by atoms with Gasteiger partial charge in [0, 0.05) is 49.7 Å². The van der Waals surface area contributed by atoms with Crippen LogP contribution in [0.3, 0.4) is 0 Å². The van der Waals surface area contributed by atoms with Crippen molar-refractivity contribution in [3.63, 3.8) is 0 Å². The molecule has 3 aromatic carbocycles. The largest absolute Gasteiger partial charge is 0.258 e. The van der Waals surface area contributed by atoms with Crippen LogP contribution in [0.1, 0.15) is 30.0 Å². The van der Waals surface area contributed by atoms with Crippen molar-refractivity contribution in [2.24, 2.45) is 4.74 Å². The van der Waals surface area contributed by atoms with E-state index >= 15 is 0 Å². The van der Waals surface area contributed by atoms with Crippen molar-refractivity contribution in [1.82, 2.24) is 0 Å². The molecule has 0 fully saturated rings. The van der Waals surface area contributed by atoms with Crippen molar-refractivity contribution in [2.45, 2.75) is 34.1 Å². The predicted octanol–water partition coefficient (Wildman–Crippen LogP) is 7.68. The molecule has 0 radical (unpaired) electrons. The number of aryl methyl sites for hydroxylation is 3. The molecule has 0 atom stereocenters. The number of hydrogen-bond donors (Lipinski definition) is 0. The first-order valence-corrected chi connectivity index (χ1v) is 13.1. The van der Waals surface area contributed by atoms with Gasteiger partial charge in [-0.05, 0) is 33.8 Å². The van der Waals surface area contributed by atoms with E-state index in [1.165, 1.54) is 32.6 Å². The molecule has 0 N–H and O–H groups in total. The molecule has 0 bridgehead atoms. The van der Waals surface area contributed by atoms with Crippen molar-refractivity contribution in [1.29, 1.82) is 0 Å². The molecule has 172 valence electrons. The smallest absolute Gasteiger partial charge is 0.0608 e. The molecule has 0 aliphatic heterocycles. The summed E-state index contributed by atoms with van der Waals surface area (Å²) in [5.41, 5.74) is 6.00. The second-order valence-corrected chi connectivity index (χ2v) is 11.6. The van der Waals surface area contributed by atoms with Crippen LogP contribution in [0.25, 0.3) is 0 Å². The Kier molecular flexibility index (Phi) is 10.5. The zero-order valence-corrected chi connectivity index (χ0v) is 23.2. The Morgan fingerprint density at radius 2 is 1.12 bits per heavy atom. The summed E-state index contributed by atoms with van der Waals surface area (Å²) in [5.74, 6) is 0. The average Bonchev–Trinajstić information content (AvgIpc) is 3.33. The van der Waals surface area contributed by atoms with E-state index in [9.17, 15) is 0 Å². The van der Waals surface area contributed by atoms with Gasteiger partial charge in [-0.25, -0.2) is 0 Å². The summed E-state index contributed by atoms with van der Waals surface area (Å²) in [6.45, 7) is 15.3. The molecule has 1 aliphatic rings. The first-order chi connectivity index (χ1) is 15.8. The van der Waals surface area contributed by atoms with E-state index in [1.54, 1.807) is 6.08 Å². The Bertz CT molecular complexity index is 1110. The van der Waals surface area contributed by atoms with Crippen molar-refractivity contribution < 1.29 is 21.7 Å². The molecule has 3 aromatic rings. The van der Waals surface area contributed by atoms with Gasteiger partial charge in [0.1, 0.15) is 0 Å². The number of benzene rings is 3. The molecular formula is C31H34NPTi. The maximum atomic E-state index is 5.52. The van der Waals surface area contributed by atoms with Gasteiger partial charge in [0.2, 0.25) is 0 Å². The molecule has 0 saturated heterocycles. The van der Waals surface area contributed by atoms with Gasteiger partial charge in [-0.1, -0.05) is 126 Å². The van der Waals surface area contributed by atoms with Crippen LogP contribution in [0.4, 0.5) is 0 Å². The van der Waals surface area contributed by atoms with Crippen LogP contribution in [0, 0.1) is 20.8 Å². The molecule has 0 amide bonds. The fraction of sp³-hybridized carbons (Fsp3) is 0.161. The molecule has 4 rings (SSSR count). The summed E-state index contributed by atoms with van der Waals surface area (Å²) in [5, 5.41) is 3.91. The zero-order chi connectivity index (χ0) is 23.8. The Hall–Kier alpha value is -2.44. The summed E-state index contributed by atoms with van der Waals surface area (Å²) in [6, 6.07) is 26.9. The predicted molar refractivity (Wildman–Crippen MR) is 149 cm³/mol. The van der Waals surface area contributed by atoms with E-state index in [0.717, 1.165) is 17.7 Å². The Balaban J connectivity index is 0.000000619. The third-order valence-electron chi connectivity index (χ3n) is 5.60. The number of allylic oxidation sites excluding steroid dienone is 5. The second kappa shape index (κ2) is 12.9.